The lowest BCUT2D eigenvalue weighted by atomic mass is 10.1. The Bertz CT molecular complexity index is 2180. The molecule has 46 heavy (non-hydrogen) atoms. The van der Waals surface area contributed by atoms with E-state index >= 15 is 0 Å². The number of fused-ring (bicyclic) bond motifs is 3. The Morgan fingerprint density at radius 2 is 1.02 bits per heavy atom. The molecule has 5 heterocycles. The average Bonchev–Trinajstić information content (AvgIpc) is 3.71. The number of rotatable bonds is 5. The quantitative estimate of drug-likeness (QED) is 0.198. The molecule has 0 aliphatic heterocycles. The summed E-state index contributed by atoms with van der Waals surface area (Å²) < 4.78 is 4.21. The van der Waals surface area contributed by atoms with E-state index in [1.807, 2.05) is 87.4 Å². The van der Waals surface area contributed by atoms with Crippen molar-refractivity contribution in [2.75, 3.05) is 0 Å². The van der Waals surface area contributed by atoms with Crippen molar-refractivity contribution >= 4 is 32.3 Å². The largest absolute Gasteiger partial charge is 0.333 e. The first kappa shape index (κ1) is 30.3. The lowest BCUT2D eigenvalue weighted by molar-refractivity contribution is 0.772. The van der Waals surface area contributed by atoms with Crippen LogP contribution in [0.5, 0.6) is 0 Å². The normalized spacial score (nSPS) is 10.8. The van der Waals surface area contributed by atoms with E-state index in [-0.39, 0.29) is 0 Å². The molecule has 7 heteroatoms. The monoisotopic (exact) mass is 603 g/mol. The fourth-order valence-corrected chi connectivity index (χ4v) is 5.56. The molecule has 0 amide bonds. The van der Waals surface area contributed by atoms with Gasteiger partial charge in [0.25, 0.3) is 0 Å². The molecule has 0 fully saturated rings. The highest BCUT2D eigenvalue weighted by Gasteiger charge is 2.04. The molecule has 0 saturated heterocycles. The van der Waals surface area contributed by atoms with E-state index in [1.165, 1.54) is 49.0 Å². The van der Waals surface area contributed by atoms with Crippen molar-refractivity contribution in [2.24, 2.45) is 0 Å². The number of pyridine rings is 3. The third-order valence-electron chi connectivity index (χ3n) is 8.01. The van der Waals surface area contributed by atoms with Gasteiger partial charge in [-0.25, -0.2) is 9.97 Å². The predicted octanol–water partition coefficient (Wildman–Crippen LogP) is 8.37. The molecular formula is C39H37N7. The van der Waals surface area contributed by atoms with Gasteiger partial charge in [-0.05, 0) is 53.1 Å². The highest BCUT2D eigenvalue weighted by molar-refractivity contribution is 5.86. The van der Waals surface area contributed by atoms with Gasteiger partial charge in [-0.15, -0.1) is 0 Å². The van der Waals surface area contributed by atoms with E-state index in [2.05, 4.69) is 102 Å². The molecule has 0 radical (unpaired) electrons. The summed E-state index contributed by atoms with van der Waals surface area (Å²) in [6.45, 7) is 7.85. The Kier molecular flexibility index (Phi) is 9.49. The highest BCUT2D eigenvalue weighted by Crippen LogP contribution is 2.20. The summed E-state index contributed by atoms with van der Waals surface area (Å²) in [5.41, 5.74) is 5.98. The zero-order valence-corrected chi connectivity index (χ0v) is 26.5. The summed E-state index contributed by atoms with van der Waals surface area (Å²) in [4.78, 5) is 21.1. The molecule has 0 N–H and O–H groups in total. The van der Waals surface area contributed by atoms with Crippen LogP contribution in [0.2, 0.25) is 0 Å². The van der Waals surface area contributed by atoms with Gasteiger partial charge in [-0.3, -0.25) is 15.0 Å². The van der Waals surface area contributed by atoms with Crippen LogP contribution < -0.4 is 0 Å². The number of nitrogens with zero attached hydrogens (tertiary/aromatic N) is 7. The molecule has 8 aromatic rings. The molecule has 7 nitrogen and oxygen atoms in total. The molecule has 0 aliphatic rings. The minimum Gasteiger partial charge on any atom is -0.333 e. The topological polar surface area (TPSA) is 74.3 Å². The molecule has 0 bridgehead atoms. The molecule has 0 atom stereocenters. The molecule has 0 saturated carbocycles. The van der Waals surface area contributed by atoms with Crippen molar-refractivity contribution in [1.82, 2.24) is 34.1 Å². The molecule has 0 aliphatic carbocycles. The highest BCUT2D eigenvalue weighted by atomic mass is 15.0. The van der Waals surface area contributed by atoms with Crippen LogP contribution in [0.25, 0.3) is 32.3 Å². The summed E-state index contributed by atoms with van der Waals surface area (Å²) in [7, 11) is 0. The van der Waals surface area contributed by atoms with Crippen molar-refractivity contribution in [1.29, 1.82) is 0 Å². The fraction of sp³-hybridized carbons (Fsp3) is 0.154. The summed E-state index contributed by atoms with van der Waals surface area (Å²) in [6, 6.07) is 25.0. The van der Waals surface area contributed by atoms with Crippen molar-refractivity contribution in [3.63, 3.8) is 0 Å². The number of aryl methyl sites for hydroxylation is 3. The van der Waals surface area contributed by atoms with Crippen LogP contribution in [0.15, 0.2) is 135 Å². The Balaban J connectivity index is 0.000000123. The standard InChI is InChI=1S/2C14H13N3.C11H11N/c1-11-8-17(10-16-11)9-13-7-15-6-12-4-2-3-5-14(12)13;1-11-6-16-10-17(11)9-13-8-15-7-12-4-2-3-5-14(12)13;1-2-9-7-12-8-10-5-3-4-6-11(9)10/h2*2-8,10H,9H2,1H3;3-8H,2H2,1H3. The van der Waals surface area contributed by atoms with Crippen LogP contribution in [0.4, 0.5) is 0 Å². The third kappa shape index (κ3) is 7.16. The van der Waals surface area contributed by atoms with Gasteiger partial charge in [0.05, 0.1) is 31.4 Å². The fourth-order valence-electron chi connectivity index (χ4n) is 5.56. The van der Waals surface area contributed by atoms with Gasteiger partial charge < -0.3 is 9.13 Å². The molecule has 8 rings (SSSR count). The minimum atomic E-state index is 0.815. The Labute approximate surface area is 269 Å². The number of hydrogen-bond acceptors (Lipinski definition) is 5. The van der Waals surface area contributed by atoms with Crippen molar-refractivity contribution < 1.29 is 0 Å². The predicted molar refractivity (Wildman–Crippen MR) is 187 cm³/mol. The zero-order chi connectivity index (χ0) is 31.7. The Hall–Kier alpha value is -5.69. The molecule has 5 aromatic heterocycles. The zero-order valence-electron chi connectivity index (χ0n) is 26.5. The SMILES string of the molecule is CCc1cncc2ccccc12.Cc1cn(Cc2cncc3ccccc23)cn1.Cc1cncn1Cc1cncc2ccccc12. The van der Waals surface area contributed by atoms with E-state index < -0.39 is 0 Å². The summed E-state index contributed by atoms with van der Waals surface area (Å²) >= 11 is 0. The molecular weight excluding hydrogens is 566 g/mol. The van der Waals surface area contributed by atoms with Gasteiger partial charge in [-0.1, -0.05) is 79.7 Å². The van der Waals surface area contributed by atoms with Gasteiger partial charge in [0.1, 0.15) is 0 Å². The second-order valence-electron chi connectivity index (χ2n) is 11.3. The molecule has 228 valence electrons. The first-order chi connectivity index (χ1) is 22.6. The Morgan fingerprint density at radius 3 is 1.50 bits per heavy atom. The van der Waals surface area contributed by atoms with E-state index in [0.717, 1.165) is 30.9 Å². The van der Waals surface area contributed by atoms with Crippen LogP contribution >= 0.6 is 0 Å². The second-order valence-corrected chi connectivity index (χ2v) is 11.3. The second kappa shape index (κ2) is 14.4. The van der Waals surface area contributed by atoms with Gasteiger partial charge in [0.15, 0.2) is 0 Å². The summed E-state index contributed by atoms with van der Waals surface area (Å²) in [5.74, 6) is 0. The van der Waals surface area contributed by atoms with Crippen molar-refractivity contribution in [3.05, 3.63) is 163 Å². The average molecular weight is 604 g/mol. The lowest BCUT2D eigenvalue weighted by Gasteiger charge is -2.08. The van der Waals surface area contributed by atoms with Crippen molar-refractivity contribution in [2.45, 2.75) is 40.3 Å². The van der Waals surface area contributed by atoms with Crippen LogP contribution in [0.1, 0.15) is 35.0 Å². The third-order valence-corrected chi connectivity index (χ3v) is 8.01. The smallest absolute Gasteiger partial charge is 0.0952 e. The van der Waals surface area contributed by atoms with Gasteiger partial charge >= 0.3 is 0 Å². The number of hydrogen-bond donors (Lipinski definition) is 0. The van der Waals surface area contributed by atoms with Crippen molar-refractivity contribution in [3.8, 4) is 0 Å². The number of benzene rings is 3. The summed E-state index contributed by atoms with van der Waals surface area (Å²) in [5, 5.41) is 7.45. The maximum absolute atomic E-state index is 4.29. The van der Waals surface area contributed by atoms with Gasteiger partial charge in [0.2, 0.25) is 0 Å². The molecule has 0 spiro atoms. The van der Waals surface area contributed by atoms with Crippen LogP contribution in [0, 0.1) is 13.8 Å². The van der Waals surface area contributed by atoms with Gasteiger partial charge in [-0.2, -0.15) is 0 Å². The first-order valence-electron chi connectivity index (χ1n) is 15.5. The van der Waals surface area contributed by atoms with Gasteiger partial charge in [0, 0.05) is 71.4 Å². The van der Waals surface area contributed by atoms with E-state index in [1.54, 1.807) is 0 Å². The van der Waals surface area contributed by atoms with E-state index in [0.29, 0.717) is 0 Å². The lowest BCUT2D eigenvalue weighted by Crippen LogP contribution is -2.01. The number of imidazole rings is 2. The van der Waals surface area contributed by atoms with E-state index in [4.69, 9.17) is 0 Å². The van der Waals surface area contributed by atoms with Crippen LogP contribution in [-0.2, 0) is 19.5 Å². The first-order valence-corrected chi connectivity index (χ1v) is 15.5. The Morgan fingerprint density at radius 1 is 0.522 bits per heavy atom. The van der Waals surface area contributed by atoms with Crippen LogP contribution in [0.3, 0.4) is 0 Å². The maximum Gasteiger partial charge on any atom is 0.0952 e. The maximum atomic E-state index is 4.29. The minimum absolute atomic E-state index is 0.815. The number of aromatic nitrogens is 7. The molecule has 0 unspecified atom stereocenters. The van der Waals surface area contributed by atoms with E-state index in [9.17, 15) is 0 Å². The summed E-state index contributed by atoms with van der Waals surface area (Å²) in [6.07, 6.45) is 20.2. The van der Waals surface area contributed by atoms with Crippen LogP contribution in [-0.4, -0.2) is 34.1 Å². The molecule has 3 aromatic carbocycles.